The maximum atomic E-state index is 13.4. The number of sulfonamides is 1. The Bertz CT molecular complexity index is 1200. The fraction of sp³-hybridized carbons (Fsp3) is 0.174. The minimum atomic E-state index is -4.06. The zero-order valence-electron chi connectivity index (χ0n) is 17.7. The van der Waals surface area contributed by atoms with Crippen LogP contribution in [0.4, 0.5) is 5.69 Å². The number of hydrogen-bond acceptors (Lipinski definition) is 5. The summed E-state index contributed by atoms with van der Waals surface area (Å²) in [5.41, 5.74) is 0.265. The lowest BCUT2D eigenvalue weighted by Gasteiger charge is -2.24. The topological polar surface area (TPSA) is 84.9 Å². The lowest BCUT2D eigenvalue weighted by atomic mass is 10.3. The highest BCUT2D eigenvalue weighted by atomic mass is 35.5. The molecule has 1 N–H and O–H groups in total. The van der Waals surface area contributed by atoms with Gasteiger partial charge < -0.3 is 14.8 Å². The van der Waals surface area contributed by atoms with Crippen molar-refractivity contribution < 1.29 is 22.7 Å². The Kier molecular flexibility index (Phi) is 8.43. The number of amides is 1. The molecule has 0 aliphatic rings. The molecule has 0 unspecified atom stereocenters. The molecule has 3 aromatic rings. The quantitative estimate of drug-likeness (QED) is 0.410. The predicted octanol–water partition coefficient (Wildman–Crippen LogP) is 4.39. The Hall–Kier alpha value is -2.94. The number of nitrogens with zero attached hydrogens (tertiary/aromatic N) is 1. The maximum Gasteiger partial charge on any atom is 0.264 e. The average molecular weight is 509 g/mol. The number of nitrogens with one attached hydrogen (secondary N) is 1. The Labute approximate surface area is 202 Å². The van der Waals surface area contributed by atoms with Crippen molar-refractivity contribution in [2.75, 3.05) is 31.1 Å². The van der Waals surface area contributed by atoms with Gasteiger partial charge in [-0.2, -0.15) is 0 Å². The van der Waals surface area contributed by atoms with E-state index in [1.165, 1.54) is 37.4 Å². The first-order valence-corrected chi connectivity index (χ1v) is 12.1. The number of methoxy groups -OCH3 is 1. The van der Waals surface area contributed by atoms with Crippen molar-refractivity contribution in [3.8, 4) is 11.5 Å². The highest BCUT2D eigenvalue weighted by Crippen LogP contribution is 2.27. The molecule has 0 aliphatic heterocycles. The Morgan fingerprint density at radius 2 is 1.73 bits per heavy atom. The Morgan fingerprint density at radius 3 is 2.39 bits per heavy atom. The Balaban J connectivity index is 1.73. The number of benzene rings is 3. The number of rotatable bonds is 10. The first-order chi connectivity index (χ1) is 15.8. The number of carbonyl (C=O) groups is 1. The molecule has 33 heavy (non-hydrogen) atoms. The van der Waals surface area contributed by atoms with E-state index in [2.05, 4.69) is 5.32 Å². The molecule has 0 spiro atoms. The third-order valence-corrected chi connectivity index (χ3v) is 6.88. The minimum Gasteiger partial charge on any atom is -0.497 e. The van der Waals surface area contributed by atoms with E-state index in [1.807, 2.05) is 0 Å². The second-order valence-electron chi connectivity index (χ2n) is 6.80. The molecule has 174 valence electrons. The number of carbonyl (C=O) groups excluding carboxylic acids is 1. The van der Waals surface area contributed by atoms with Gasteiger partial charge in [-0.25, -0.2) is 8.42 Å². The predicted molar refractivity (Wildman–Crippen MR) is 129 cm³/mol. The first kappa shape index (κ1) is 24.7. The molecule has 0 atom stereocenters. The minimum absolute atomic E-state index is 0.0122. The highest BCUT2D eigenvalue weighted by molar-refractivity contribution is 7.92. The molecule has 0 aliphatic carbocycles. The van der Waals surface area contributed by atoms with Crippen molar-refractivity contribution in [3.63, 3.8) is 0 Å². The standard InChI is InChI=1S/C23H22Cl2N2O5S/c1-31-19-9-11-20(12-10-19)33(29,30)27(18-6-4-5-17(24)15-18)16-23(28)26-13-14-32-22-8-3-2-7-21(22)25/h2-12,15H,13-14,16H2,1H3,(H,26,28). The molecule has 0 bridgehead atoms. The number of halogens is 2. The summed E-state index contributed by atoms with van der Waals surface area (Å²) in [5, 5.41) is 3.47. The molecule has 1 amide bonds. The molecule has 0 heterocycles. The van der Waals surface area contributed by atoms with Gasteiger partial charge in [-0.05, 0) is 54.6 Å². The summed E-state index contributed by atoms with van der Waals surface area (Å²) in [4.78, 5) is 12.6. The van der Waals surface area contributed by atoms with Crippen molar-refractivity contribution in [1.29, 1.82) is 0 Å². The lowest BCUT2D eigenvalue weighted by Crippen LogP contribution is -2.41. The number of para-hydroxylation sites is 1. The second-order valence-corrected chi connectivity index (χ2v) is 9.50. The summed E-state index contributed by atoms with van der Waals surface area (Å²) in [5.74, 6) is 0.505. The summed E-state index contributed by atoms with van der Waals surface area (Å²) in [6, 6.07) is 19.2. The number of hydrogen-bond donors (Lipinski definition) is 1. The maximum absolute atomic E-state index is 13.4. The van der Waals surface area contributed by atoms with Crippen LogP contribution in [0, 0.1) is 0 Å². The van der Waals surface area contributed by atoms with Crippen molar-refractivity contribution >= 4 is 44.8 Å². The van der Waals surface area contributed by atoms with Crippen molar-refractivity contribution in [3.05, 3.63) is 82.8 Å². The molecule has 0 radical (unpaired) electrons. The fourth-order valence-electron chi connectivity index (χ4n) is 2.92. The van der Waals surface area contributed by atoms with E-state index in [4.69, 9.17) is 32.7 Å². The van der Waals surface area contributed by atoms with Gasteiger partial charge in [0, 0.05) is 5.02 Å². The largest absolute Gasteiger partial charge is 0.497 e. The van der Waals surface area contributed by atoms with E-state index >= 15 is 0 Å². The van der Waals surface area contributed by atoms with Crippen LogP contribution in [0.1, 0.15) is 0 Å². The van der Waals surface area contributed by atoms with Crippen LogP contribution in [0.25, 0.3) is 0 Å². The van der Waals surface area contributed by atoms with Gasteiger partial charge in [0.1, 0.15) is 24.7 Å². The third kappa shape index (κ3) is 6.54. The van der Waals surface area contributed by atoms with Gasteiger partial charge in [0.15, 0.2) is 0 Å². The molecule has 3 rings (SSSR count). The van der Waals surface area contributed by atoms with Gasteiger partial charge in [-0.1, -0.05) is 41.4 Å². The second kappa shape index (κ2) is 11.3. The van der Waals surface area contributed by atoms with Crippen LogP contribution in [0.2, 0.25) is 10.0 Å². The van der Waals surface area contributed by atoms with Gasteiger partial charge in [0.25, 0.3) is 10.0 Å². The molecule has 0 fully saturated rings. The van der Waals surface area contributed by atoms with E-state index in [1.54, 1.807) is 42.5 Å². The molecule has 0 saturated carbocycles. The van der Waals surface area contributed by atoms with Gasteiger partial charge in [0.2, 0.25) is 5.91 Å². The molecule has 10 heteroatoms. The molecular formula is C23H22Cl2N2O5S. The van der Waals surface area contributed by atoms with E-state index in [-0.39, 0.29) is 23.7 Å². The van der Waals surface area contributed by atoms with E-state index in [0.717, 1.165) is 4.31 Å². The van der Waals surface area contributed by atoms with Crippen molar-refractivity contribution in [2.45, 2.75) is 4.90 Å². The summed E-state index contributed by atoms with van der Waals surface area (Å²) >= 11 is 12.1. The summed E-state index contributed by atoms with van der Waals surface area (Å²) in [6.07, 6.45) is 0. The summed E-state index contributed by atoms with van der Waals surface area (Å²) in [6.45, 7) is -0.116. The van der Waals surface area contributed by atoms with Crippen molar-refractivity contribution in [1.82, 2.24) is 5.32 Å². The van der Waals surface area contributed by atoms with Gasteiger partial charge in [0.05, 0.1) is 29.3 Å². The summed E-state index contributed by atoms with van der Waals surface area (Å²) in [7, 11) is -2.57. The fourth-order valence-corrected chi connectivity index (χ4v) is 4.71. The van der Waals surface area contributed by atoms with Crippen LogP contribution >= 0.6 is 23.2 Å². The van der Waals surface area contributed by atoms with Crippen LogP contribution in [-0.2, 0) is 14.8 Å². The Morgan fingerprint density at radius 1 is 1.00 bits per heavy atom. The van der Waals surface area contributed by atoms with Crippen LogP contribution in [0.3, 0.4) is 0 Å². The van der Waals surface area contributed by atoms with Gasteiger partial charge >= 0.3 is 0 Å². The van der Waals surface area contributed by atoms with Crippen LogP contribution < -0.4 is 19.1 Å². The molecule has 0 aromatic heterocycles. The number of ether oxygens (including phenoxy) is 2. The smallest absolute Gasteiger partial charge is 0.264 e. The number of anilines is 1. The third-order valence-electron chi connectivity index (χ3n) is 4.55. The van der Waals surface area contributed by atoms with Crippen LogP contribution in [-0.4, -0.2) is 41.1 Å². The highest BCUT2D eigenvalue weighted by Gasteiger charge is 2.27. The molecular weight excluding hydrogens is 487 g/mol. The summed E-state index contributed by atoms with van der Waals surface area (Å²) < 4.78 is 38.3. The molecule has 0 saturated heterocycles. The monoisotopic (exact) mass is 508 g/mol. The van der Waals surface area contributed by atoms with Gasteiger partial charge in [-0.15, -0.1) is 0 Å². The zero-order valence-corrected chi connectivity index (χ0v) is 20.0. The van der Waals surface area contributed by atoms with Crippen LogP contribution in [0.15, 0.2) is 77.7 Å². The average Bonchev–Trinajstić information content (AvgIpc) is 2.81. The SMILES string of the molecule is COc1ccc(S(=O)(=O)N(CC(=O)NCCOc2ccccc2Cl)c2cccc(Cl)c2)cc1. The van der Waals surface area contributed by atoms with E-state index in [0.29, 0.717) is 21.5 Å². The van der Waals surface area contributed by atoms with Crippen molar-refractivity contribution in [2.24, 2.45) is 0 Å². The van der Waals surface area contributed by atoms with Crippen LogP contribution in [0.5, 0.6) is 11.5 Å². The lowest BCUT2D eigenvalue weighted by molar-refractivity contribution is -0.119. The van der Waals surface area contributed by atoms with E-state index < -0.39 is 22.5 Å². The first-order valence-electron chi connectivity index (χ1n) is 9.87. The normalized spacial score (nSPS) is 11.0. The van der Waals surface area contributed by atoms with Gasteiger partial charge in [-0.3, -0.25) is 9.10 Å². The molecule has 3 aromatic carbocycles. The van der Waals surface area contributed by atoms with E-state index in [9.17, 15) is 13.2 Å². The zero-order chi connectivity index (χ0) is 23.8. The molecule has 7 nitrogen and oxygen atoms in total.